The van der Waals surface area contributed by atoms with Crippen LogP contribution >= 0.6 is 23.5 Å². The average Bonchev–Trinajstić information content (AvgIpc) is 3.08. The van der Waals surface area contributed by atoms with E-state index in [2.05, 4.69) is 10.6 Å². The second-order valence-corrected chi connectivity index (χ2v) is 7.24. The molecule has 0 spiro atoms. The lowest BCUT2D eigenvalue weighted by molar-refractivity contribution is -0.139. The van der Waals surface area contributed by atoms with Crippen LogP contribution in [0, 0.1) is 5.92 Å². The number of hydrogen-bond acceptors (Lipinski definition) is 6. The maximum atomic E-state index is 10.2. The van der Waals surface area contributed by atoms with Gasteiger partial charge in [-0.25, -0.2) is 0 Å². The summed E-state index contributed by atoms with van der Waals surface area (Å²) in [5, 5.41) is 16.7. The van der Waals surface area contributed by atoms with Crippen molar-refractivity contribution >= 4 is 29.5 Å². The Morgan fingerprint density at radius 2 is 1.79 bits per heavy atom. The molecule has 2 aliphatic heterocycles. The van der Waals surface area contributed by atoms with Gasteiger partial charge < -0.3 is 21.5 Å². The van der Waals surface area contributed by atoms with Gasteiger partial charge in [-0.3, -0.25) is 4.79 Å². The number of carboxylic acid groups (broad SMARTS) is 1. The predicted octanol–water partition coefficient (Wildman–Crippen LogP) is 0.756. The van der Waals surface area contributed by atoms with Crippen LogP contribution in [0.2, 0.25) is 0 Å². The number of carbonyl (C=O) groups is 1. The summed E-state index contributed by atoms with van der Waals surface area (Å²) >= 11 is 4.09. The number of thioether (sulfide) groups is 2. The molecule has 0 amide bonds. The lowest BCUT2D eigenvalue weighted by Gasteiger charge is -2.16. The van der Waals surface area contributed by atoms with Crippen LogP contribution < -0.4 is 16.4 Å². The number of hydrogen-bond donors (Lipinski definition) is 4. The molecule has 2 aliphatic rings. The van der Waals surface area contributed by atoms with Crippen molar-refractivity contribution < 1.29 is 9.90 Å². The van der Waals surface area contributed by atoms with E-state index in [0.29, 0.717) is 10.7 Å². The third-order valence-electron chi connectivity index (χ3n) is 3.31. The molecule has 2 heterocycles. The molecule has 7 heteroatoms. The molecule has 0 aromatic carbocycles. The van der Waals surface area contributed by atoms with E-state index in [1.54, 1.807) is 0 Å². The minimum absolute atomic E-state index is 0.0718. The Morgan fingerprint density at radius 3 is 2.00 bits per heavy atom. The van der Waals surface area contributed by atoms with Gasteiger partial charge in [-0.15, -0.1) is 23.5 Å². The summed E-state index contributed by atoms with van der Waals surface area (Å²) < 4.78 is 0. The number of rotatable bonds is 4. The SMILES string of the molecule is C1CSC(C2NCCS2)N1.CC[C@H](C)[C@H](N)C(=O)O. The Balaban J connectivity index is 0.000000192. The maximum Gasteiger partial charge on any atom is 0.320 e. The van der Waals surface area contributed by atoms with Crippen molar-refractivity contribution in [1.82, 2.24) is 10.6 Å². The van der Waals surface area contributed by atoms with E-state index in [1.807, 2.05) is 37.4 Å². The Labute approximate surface area is 123 Å². The van der Waals surface area contributed by atoms with Crippen LogP contribution in [-0.2, 0) is 4.79 Å². The van der Waals surface area contributed by atoms with Gasteiger partial charge in [-0.1, -0.05) is 20.3 Å². The zero-order valence-electron chi connectivity index (χ0n) is 11.6. The van der Waals surface area contributed by atoms with Crippen LogP contribution in [0.4, 0.5) is 0 Å². The van der Waals surface area contributed by atoms with Gasteiger partial charge in [0.1, 0.15) is 6.04 Å². The predicted molar refractivity (Wildman–Crippen MR) is 83.6 cm³/mol. The second kappa shape index (κ2) is 9.07. The third-order valence-corrected chi connectivity index (χ3v) is 5.95. The number of carboxylic acids is 1. The van der Waals surface area contributed by atoms with Gasteiger partial charge in [-0.05, 0) is 5.92 Å². The van der Waals surface area contributed by atoms with Crippen LogP contribution in [0.5, 0.6) is 0 Å². The second-order valence-electron chi connectivity index (χ2n) is 4.74. The van der Waals surface area contributed by atoms with Gasteiger partial charge in [0.2, 0.25) is 0 Å². The summed E-state index contributed by atoms with van der Waals surface area (Å²) in [6.07, 6.45) is 0.813. The summed E-state index contributed by atoms with van der Waals surface area (Å²) in [6, 6.07) is -0.699. The Kier molecular flexibility index (Phi) is 8.17. The minimum atomic E-state index is -0.913. The van der Waals surface area contributed by atoms with Crippen LogP contribution in [-0.4, -0.2) is 52.5 Å². The Bertz CT molecular complexity index is 256. The van der Waals surface area contributed by atoms with Crippen molar-refractivity contribution in [3.63, 3.8) is 0 Å². The van der Waals surface area contributed by atoms with Crippen molar-refractivity contribution in [2.45, 2.75) is 37.1 Å². The molecule has 5 N–H and O–H groups in total. The molecule has 0 aromatic rings. The summed E-state index contributed by atoms with van der Waals surface area (Å²) in [5.41, 5.74) is 5.27. The fraction of sp³-hybridized carbons (Fsp3) is 0.917. The Hall–Kier alpha value is 0.0500. The zero-order chi connectivity index (χ0) is 14.3. The van der Waals surface area contributed by atoms with E-state index < -0.39 is 12.0 Å². The van der Waals surface area contributed by atoms with Gasteiger partial charge in [0.25, 0.3) is 0 Å². The van der Waals surface area contributed by atoms with Gasteiger partial charge in [-0.2, -0.15) is 0 Å². The molecule has 4 atom stereocenters. The minimum Gasteiger partial charge on any atom is -0.480 e. The standard InChI is InChI=1S/C6H12N2S2.C6H13NO2/c1-3-9-5(7-1)6-8-2-4-10-6;1-3-4(2)5(7)6(8)9/h5-8H,1-4H2;4-5H,3,7H2,1-2H3,(H,8,9)/t;4-,5-/m.0/s1. The van der Waals surface area contributed by atoms with Crippen molar-refractivity contribution in [3.05, 3.63) is 0 Å². The average molecular weight is 307 g/mol. The van der Waals surface area contributed by atoms with E-state index in [-0.39, 0.29) is 5.92 Å². The molecule has 0 aromatic heterocycles. The number of aliphatic carboxylic acids is 1. The molecule has 0 aliphatic carbocycles. The first kappa shape index (κ1) is 17.1. The Morgan fingerprint density at radius 1 is 1.32 bits per heavy atom. The first-order valence-corrected chi connectivity index (χ1v) is 8.84. The fourth-order valence-electron chi connectivity index (χ4n) is 1.78. The highest BCUT2D eigenvalue weighted by Crippen LogP contribution is 2.26. The molecule has 112 valence electrons. The topological polar surface area (TPSA) is 87.4 Å². The van der Waals surface area contributed by atoms with E-state index in [1.165, 1.54) is 24.6 Å². The normalized spacial score (nSPS) is 29.4. The molecule has 0 saturated carbocycles. The molecule has 2 saturated heterocycles. The first-order chi connectivity index (χ1) is 9.06. The van der Waals surface area contributed by atoms with Crippen molar-refractivity contribution in [2.75, 3.05) is 24.6 Å². The van der Waals surface area contributed by atoms with Gasteiger partial charge >= 0.3 is 5.97 Å². The molecule has 2 fully saturated rings. The quantitative estimate of drug-likeness (QED) is 0.610. The molecule has 2 unspecified atom stereocenters. The van der Waals surface area contributed by atoms with E-state index in [9.17, 15) is 4.79 Å². The van der Waals surface area contributed by atoms with Crippen molar-refractivity contribution in [3.8, 4) is 0 Å². The van der Waals surface area contributed by atoms with Crippen LogP contribution in [0.3, 0.4) is 0 Å². The number of nitrogens with two attached hydrogens (primary N) is 1. The zero-order valence-corrected chi connectivity index (χ0v) is 13.2. The molecule has 5 nitrogen and oxygen atoms in total. The lowest BCUT2D eigenvalue weighted by atomic mass is 10.0. The van der Waals surface area contributed by atoms with Crippen LogP contribution in [0.25, 0.3) is 0 Å². The lowest BCUT2D eigenvalue weighted by Crippen LogP contribution is -2.37. The highest BCUT2D eigenvalue weighted by atomic mass is 32.2. The highest BCUT2D eigenvalue weighted by molar-refractivity contribution is 8.04. The van der Waals surface area contributed by atoms with Crippen LogP contribution in [0.15, 0.2) is 0 Å². The monoisotopic (exact) mass is 307 g/mol. The molecule has 0 radical (unpaired) electrons. The molecular formula is C12H25N3O2S2. The summed E-state index contributed by atoms with van der Waals surface area (Å²) in [7, 11) is 0. The summed E-state index contributed by atoms with van der Waals surface area (Å²) in [6.45, 7) is 6.13. The maximum absolute atomic E-state index is 10.2. The molecule has 0 bridgehead atoms. The largest absolute Gasteiger partial charge is 0.480 e. The molecular weight excluding hydrogens is 282 g/mol. The number of nitrogens with one attached hydrogen (secondary N) is 2. The van der Waals surface area contributed by atoms with E-state index in [4.69, 9.17) is 10.8 Å². The van der Waals surface area contributed by atoms with Gasteiger partial charge in [0.15, 0.2) is 0 Å². The first-order valence-electron chi connectivity index (χ1n) is 6.74. The highest BCUT2D eigenvalue weighted by Gasteiger charge is 2.27. The van der Waals surface area contributed by atoms with Crippen molar-refractivity contribution in [2.24, 2.45) is 11.7 Å². The molecule has 19 heavy (non-hydrogen) atoms. The van der Waals surface area contributed by atoms with E-state index in [0.717, 1.165) is 6.42 Å². The molecule has 2 rings (SSSR count). The summed E-state index contributed by atoms with van der Waals surface area (Å²) in [5.74, 6) is 1.72. The van der Waals surface area contributed by atoms with Crippen LogP contribution in [0.1, 0.15) is 20.3 Å². The third kappa shape index (κ3) is 5.91. The summed E-state index contributed by atoms with van der Waals surface area (Å²) in [4.78, 5) is 10.2. The van der Waals surface area contributed by atoms with Crippen molar-refractivity contribution in [1.29, 1.82) is 0 Å². The fourth-order valence-corrected chi connectivity index (χ4v) is 4.24. The van der Waals surface area contributed by atoms with E-state index >= 15 is 0 Å². The smallest absolute Gasteiger partial charge is 0.320 e. The van der Waals surface area contributed by atoms with Gasteiger partial charge in [0, 0.05) is 24.6 Å². The van der Waals surface area contributed by atoms with Gasteiger partial charge in [0.05, 0.1) is 10.7 Å².